The van der Waals surface area contributed by atoms with Crippen molar-refractivity contribution in [3.8, 4) is 0 Å². The first-order valence-corrected chi connectivity index (χ1v) is 12.2. The molecule has 0 spiro atoms. The minimum absolute atomic E-state index is 0.0731. The number of nitrogens with zero attached hydrogens (tertiary/aromatic N) is 1. The van der Waals surface area contributed by atoms with Crippen LogP contribution in [0.5, 0.6) is 0 Å². The summed E-state index contributed by atoms with van der Waals surface area (Å²) in [7, 11) is 0. The zero-order chi connectivity index (χ0) is 24.6. The van der Waals surface area contributed by atoms with Crippen LogP contribution in [-0.4, -0.2) is 46.1 Å². The van der Waals surface area contributed by atoms with E-state index in [0.29, 0.717) is 29.4 Å². The zero-order valence-electron chi connectivity index (χ0n) is 20.5. The van der Waals surface area contributed by atoms with Crippen molar-refractivity contribution in [2.45, 2.75) is 98.2 Å². The zero-order valence-corrected chi connectivity index (χ0v) is 20.5. The first kappa shape index (κ1) is 25.5. The quantitative estimate of drug-likeness (QED) is 0.351. The maximum absolute atomic E-state index is 11.6. The summed E-state index contributed by atoms with van der Waals surface area (Å²) in [5.41, 5.74) is 0.757. The summed E-state index contributed by atoms with van der Waals surface area (Å²) >= 11 is 0. The molecule has 0 bridgehead atoms. The highest BCUT2D eigenvalue weighted by molar-refractivity contribution is 5.97. The summed E-state index contributed by atoms with van der Waals surface area (Å²) in [4.78, 5) is 32.0. The van der Waals surface area contributed by atoms with Crippen molar-refractivity contribution in [1.82, 2.24) is 0 Å². The number of hydrogen-bond donors (Lipinski definition) is 2. The molecule has 4 fully saturated rings. The van der Waals surface area contributed by atoms with Crippen LogP contribution >= 0.6 is 0 Å². The lowest BCUT2D eigenvalue weighted by Crippen LogP contribution is -2.54. The third-order valence-electron chi connectivity index (χ3n) is 9.11. The van der Waals surface area contributed by atoms with E-state index in [1.807, 2.05) is 0 Å². The Morgan fingerprint density at radius 2 is 1.55 bits per heavy atom. The van der Waals surface area contributed by atoms with Crippen molar-refractivity contribution in [2.24, 2.45) is 39.7 Å². The van der Waals surface area contributed by atoms with Crippen LogP contribution in [0.4, 0.5) is 0 Å². The monoisotopic (exact) mass is 465 g/mol. The summed E-state index contributed by atoms with van der Waals surface area (Å²) in [6.45, 7) is 8.68. The molecule has 0 radical (unpaired) electrons. The number of carboxylic acid groups (broad SMARTS) is 1. The number of oxime groups is 1. The Hall–Kier alpha value is -2.12. The second-order valence-corrected chi connectivity index (χ2v) is 11.0. The highest BCUT2D eigenvalue weighted by Gasteiger charge is 2.62. The van der Waals surface area contributed by atoms with E-state index >= 15 is 0 Å². The summed E-state index contributed by atoms with van der Waals surface area (Å²) in [6.07, 6.45) is 7.91. The third kappa shape index (κ3) is 4.90. The molecule has 0 aromatic rings. The summed E-state index contributed by atoms with van der Waals surface area (Å²) in [6, 6.07) is 0. The fourth-order valence-corrected chi connectivity index (χ4v) is 7.83. The van der Waals surface area contributed by atoms with E-state index < -0.39 is 12.1 Å². The van der Waals surface area contributed by atoms with Gasteiger partial charge in [-0.25, -0.2) is 0 Å². The molecule has 186 valence electrons. The van der Waals surface area contributed by atoms with Crippen LogP contribution in [0.1, 0.15) is 86.0 Å². The predicted octanol–water partition coefficient (Wildman–Crippen LogP) is 4.42. The Labute approximate surface area is 196 Å². The number of hydrogen-bond acceptors (Lipinski definition) is 7. The van der Waals surface area contributed by atoms with Crippen LogP contribution in [0.15, 0.2) is 5.16 Å². The lowest BCUT2D eigenvalue weighted by Gasteiger charge is -2.60. The number of esters is 2. The molecule has 2 N–H and O–H groups in total. The molecule has 4 aliphatic carbocycles. The van der Waals surface area contributed by atoms with Gasteiger partial charge in [-0.05, 0) is 80.5 Å². The molecule has 0 saturated heterocycles. The molecule has 0 heterocycles. The fourth-order valence-electron chi connectivity index (χ4n) is 7.83. The average molecular weight is 466 g/mol. The van der Waals surface area contributed by atoms with Gasteiger partial charge in [0.2, 0.25) is 0 Å². The summed E-state index contributed by atoms with van der Waals surface area (Å²) < 4.78 is 11.1. The van der Waals surface area contributed by atoms with E-state index in [4.69, 9.17) is 19.4 Å². The Morgan fingerprint density at radius 1 is 0.909 bits per heavy atom. The molecule has 4 aliphatic rings. The van der Waals surface area contributed by atoms with Gasteiger partial charge in [0.1, 0.15) is 17.9 Å². The van der Waals surface area contributed by atoms with Gasteiger partial charge in [0.15, 0.2) is 0 Å². The van der Waals surface area contributed by atoms with E-state index in [1.165, 1.54) is 13.8 Å². The molecule has 8 heteroatoms. The van der Waals surface area contributed by atoms with Gasteiger partial charge in [-0.1, -0.05) is 19.0 Å². The lowest BCUT2D eigenvalue weighted by molar-refractivity contribution is -0.158. The van der Waals surface area contributed by atoms with E-state index in [9.17, 15) is 14.8 Å². The normalized spacial score (nSPS) is 42.6. The van der Waals surface area contributed by atoms with Gasteiger partial charge in [0, 0.05) is 26.2 Å². The second kappa shape index (κ2) is 9.63. The smallest absolute Gasteiger partial charge is 0.303 e. The number of fused-ring (bicyclic) bond motifs is 5. The van der Waals surface area contributed by atoms with Gasteiger partial charge in [0.05, 0.1) is 0 Å². The van der Waals surface area contributed by atoms with Crippen LogP contribution in [0.2, 0.25) is 0 Å². The SMILES string of the molecule is CC(=O)O.CC(=O)O[C@H]1CC[C@@]2(C)[C@@H](CC[C@@H]3[C@@H]2CC[C@]2(C)C(=NO)[C@H](OC(C)=O)C[C@@H]32)C1. The van der Waals surface area contributed by atoms with Gasteiger partial charge >= 0.3 is 11.9 Å². The van der Waals surface area contributed by atoms with Crippen molar-refractivity contribution in [1.29, 1.82) is 0 Å². The highest BCUT2D eigenvalue weighted by atomic mass is 16.5. The molecular formula is C25H39NO7. The number of rotatable bonds is 2. The Balaban J connectivity index is 0.000000709. The molecule has 8 nitrogen and oxygen atoms in total. The van der Waals surface area contributed by atoms with Crippen LogP contribution in [-0.2, 0) is 23.9 Å². The molecule has 4 rings (SSSR count). The summed E-state index contributed by atoms with van der Waals surface area (Å²) in [5, 5.41) is 20.8. The first-order chi connectivity index (χ1) is 15.4. The van der Waals surface area contributed by atoms with Crippen molar-refractivity contribution < 1.29 is 34.2 Å². The molecule has 33 heavy (non-hydrogen) atoms. The molecule has 0 amide bonds. The van der Waals surface area contributed by atoms with Crippen molar-refractivity contribution >= 4 is 23.6 Å². The molecular weight excluding hydrogens is 426 g/mol. The molecule has 0 aromatic heterocycles. The molecule has 0 aromatic carbocycles. The maximum atomic E-state index is 11.6. The number of carboxylic acids is 1. The topological polar surface area (TPSA) is 122 Å². The Kier molecular flexibility index (Phi) is 7.44. The standard InChI is InChI=1S/C23H35NO5.C2H4O2/c1-13(25)28-16-7-9-22(3)15(11-16)5-6-17-18(22)8-10-23(4)19(17)12-20(21(23)24-27)29-14(2)26;1-2(3)4/h15-20,27H,5-12H2,1-4H3;1H3,(H,3,4)/t15-,16-,17+,18-,19-,20+,22-,23-;/m0./s1. The lowest BCUT2D eigenvalue weighted by atomic mass is 9.45. The minimum Gasteiger partial charge on any atom is -0.481 e. The van der Waals surface area contributed by atoms with Gasteiger partial charge in [0.25, 0.3) is 5.97 Å². The second-order valence-electron chi connectivity index (χ2n) is 11.0. The molecule has 0 unspecified atom stereocenters. The van der Waals surface area contributed by atoms with Gasteiger partial charge in [-0.2, -0.15) is 0 Å². The van der Waals surface area contributed by atoms with E-state index in [0.717, 1.165) is 58.3 Å². The van der Waals surface area contributed by atoms with Crippen LogP contribution in [0, 0.1) is 34.5 Å². The molecule has 8 atom stereocenters. The van der Waals surface area contributed by atoms with Crippen LogP contribution in [0.3, 0.4) is 0 Å². The largest absolute Gasteiger partial charge is 0.481 e. The highest BCUT2D eigenvalue weighted by Crippen LogP contribution is 2.66. The van der Waals surface area contributed by atoms with E-state index in [-0.39, 0.29) is 28.9 Å². The fraction of sp³-hybridized carbons (Fsp3) is 0.840. The van der Waals surface area contributed by atoms with Crippen molar-refractivity contribution in [3.05, 3.63) is 0 Å². The van der Waals surface area contributed by atoms with E-state index in [2.05, 4.69) is 19.0 Å². The third-order valence-corrected chi connectivity index (χ3v) is 9.11. The number of carbonyl (C=O) groups is 3. The predicted molar refractivity (Wildman–Crippen MR) is 121 cm³/mol. The first-order valence-electron chi connectivity index (χ1n) is 12.2. The number of aliphatic carboxylic acids is 1. The number of ether oxygens (including phenoxy) is 2. The average Bonchev–Trinajstić information content (AvgIpc) is 2.97. The maximum Gasteiger partial charge on any atom is 0.303 e. The van der Waals surface area contributed by atoms with Gasteiger partial charge in [-0.3, -0.25) is 14.4 Å². The Morgan fingerprint density at radius 3 is 2.12 bits per heavy atom. The van der Waals surface area contributed by atoms with Crippen LogP contribution in [0.25, 0.3) is 0 Å². The van der Waals surface area contributed by atoms with Gasteiger partial charge in [-0.15, -0.1) is 0 Å². The molecule has 0 aliphatic heterocycles. The Bertz CT molecular complexity index is 807. The number of carbonyl (C=O) groups excluding carboxylic acids is 2. The van der Waals surface area contributed by atoms with Crippen molar-refractivity contribution in [3.63, 3.8) is 0 Å². The van der Waals surface area contributed by atoms with E-state index in [1.54, 1.807) is 0 Å². The summed E-state index contributed by atoms with van der Waals surface area (Å²) in [5.74, 6) is 0.878. The van der Waals surface area contributed by atoms with Crippen LogP contribution < -0.4 is 0 Å². The van der Waals surface area contributed by atoms with Gasteiger partial charge < -0.3 is 19.8 Å². The minimum atomic E-state index is -0.833. The molecule has 4 saturated carbocycles. The van der Waals surface area contributed by atoms with Crippen molar-refractivity contribution in [2.75, 3.05) is 0 Å².